The van der Waals surface area contributed by atoms with E-state index in [0.717, 1.165) is 0 Å². The predicted molar refractivity (Wildman–Crippen MR) is 68.4 cm³/mol. The number of carbonyl (C=O) groups excluding carboxylic acids is 1. The SMILES string of the molecule is CC(=O)Nc1cnc(-c2cccc([N+](=O)[O-])c2)nc1. The van der Waals surface area contributed by atoms with Gasteiger partial charge in [0, 0.05) is 24.6 Å². The molecule has 0 saturated heterocycles. The standard InChI is InChI=1S/C12H10N4O3/c1-8(17)15-10-6-13-12(14-7-10)9-3-2-4-11(5-9)16(18)19/h2-7H,1H3,(H,15,17). The molecule has 96 valence electrons. The molecule has 19 heavy (non-hydrogen) atoms. The molecule has 0 fully saturated rings. The zero-order valence-electron chi connectivity index (χ0n) is 10.0. The maximum Gasteiger partial charge on any atom is 0.270 e. The number of non-ortho nitro benzene ring substituents is 1. The van der Waals surface area contributed by atoms with E-state index in [1.165, 1.54) is 31.5 Å². The average molecular weight is 258 g/mol. The first-order valence-electron chi connectivity index (χ1n) is 5.41. The number of aromatic nitrogens is 2. The number of nitrogens with one attached hydrogen (secondary N) is 1. The van der Waals surface area contributed by atoms with Crippen LogP contribution in [-0.2, 0) is 4.79 Å². The van der Waals surface area contributed by atoms with Crippen LogP contribution >= 0.6 is 0 Å². The van der Waals surface area contributed by atoms with Crippen molar-refractivity contribution in [2.24, 2.45) is 0 Å². The molecule has 0 spiro atoms. The van der Waals surface area contributed by atoms with Gasteiger partial charge in [-0.3, -0.25) is 14.9 Å². The molecule has 0 aliphatic heterocycles. The maximum absolute atomic E-state index is 10.8. The Balaban J connectivity index is 2.29. The van der Waals surface area contributed by atoms with Gasteiger partial charge in [-0.05, 0) is 0 Å². The van der Waals surface area contributed by atoms with E-state index < -0.39 is 4.92 Å². The zero-order chi connectivity index (χ0) is 13.8. The van der Waals surface area contributed by atoms with Crippen molar-refractivity contribution in [1.82, 2.24) is 9.97 Å². The third kappa shape index (κ3) is 3.09. The molecule has 0 atom stereocenters. The first-order valence-corrected chi connectivity index (χ1v) is 5.41. The number of nitro groups is 1. The minimum Gasteiger partial charge on any atom is -0.324 e. The number of nitro benzene ring substituents is 1. The molecule has 0 bridgehead atoms. The van der Waals surface area contributed by atoms with Gasteiger partial charge < -0.3 is 5.32 Å². The molecule has 1 aromatic heterocycles. The summed E-state index contributed by atoms with van der Waals surface area (Å²) in [6.07, 6.45) is 2.89. The molecule has 0 saturated carbocycles. The van der Waals surface area contributed by atoms with Crippen LogP contribution in [0.25, 0.3) is 11.4 Å². The van der Waals surface area contributed by atoms with E-state index in [9.17, 15) is 14.9 Å². The molecule has 0 radical (unpaired) electrons. The largest absolute Gasteiger partial charge is 0.324 e. The summed E-state index contributed by atoms with van der Waals surface area (Å²) in [5.41, 5.74) is 0.997. The second kappa shape index (κ2) is 5.21. The molecule has 0 aliphatic carbocycles. The van der Waals surface area contributed by atoms with Gasteiger partial charge in [-0.25, -0.2) is 9.97 Å². The van der Waals surface area contributed by atoms with E-state index in [2.05, 4.69) is 15.3 Å². The fourth-order valence-corrected chi connectivity index (χ4v) is 1.50. The molecular weight excluding hydrogens is 248 g/mol. The number of rotatable bonds is 3. The summed E-state index contributed by atoms with van der Waals surface area (Å²) < 4.78 is 0. The third-order valence-corrected chi connectivity index (χ3v) is 2.29. The number of amides is 1. The Kier molecular flexibility index (Phi) is 3.46. The number of benzene rings is 1. The Morgan fingerprint density at radius 1 is 1.32 bits per heavy atom. The first kappa shape index (κ1) is 12.6. The Morgan fingerprint density at radius 2 is 2.00 bits per heavy atom. The highest BCUT2D eigenvalue weighted by atomic mass is 16.6. The van der Waals surface area contributed by atoms with Crippen LogP contribution in [0.2, 0.25) is 0 Å². The van der Waals surface area contributed by atoms with E-state index in [-0.39, 0.29) is 11.6 Å². The monoisotopic (exact) mass is 258 g/mol. The summed E-state index contributed by atoms with van der Waals surface area (Å²) in [4.78, 5) is 29.2. The lowest BCUT2D eigenvalue weighted by Crippen LogP contribution is -2.06. The maximum atomic E-state index is 10.8. The normalized spacial score (nSPS) is 9.95. The van der Waals surface area contributed by atoms with Crippen LogP contribution in [-0.4, -0.2) is 20.8 Å². The summed E-state index contributed by atoms with van der Waals surface area (Å²) in [5.74, 6) is 0.143. The van der Waals surface area contributed by atoms with Gasteiger partial charge in [-0.15, -0.1) is 0 Å². The van der Waals surface area contributed by atoms with Gasteiger partial charge in [0.1, 0.15) is 0 Å². The van der Waals surface area contributed by atoms with Gasteiger partial charge in [-0.2, -0.15) is 0 Å². The molecule has 1 aromatic carbocycles. The quantitative estimate of drug-likeness (QED) is 0.670. The Labute approximate surface area is 108 Å². The van der Waals surface area contributed by atoms with Crippen molar-refractivity contribution in [2.45, 2.75) is 6.92 Å². The predicted octanol–water partition coefficient (Wildman–Crippen LogP) is 2.01. The summed E-state index contributed by atoms with van der Waals surface area (Å²) in [6, 6.07) is 6.04. The molecule has 1 heterocycles. The van der Waals surface area contributed by atoms with Crippen LogP contribution in [0.15, 0.2) is 36.7 Å². The third-order valence-electron chi connectivity index (χ3n) is 2.29. The average Bonchev–Trinajstić information content (AvgIpc) is 2.39. The molecule has 7 nitrogen and oxygen atoms in total. The lowest BCUT2D eigenvalue weighted by atomic mass is 10.2. The molecule has 1 N–H and O–H groups in total. The van der Waals surface area contributed by atoms with Crippen molar-refractivity contribution in [3.8, 4) is 11.4 Å². The Bertz CT molecular complexity index is 625. The summed E-state index contributed by atoms with van der Waals surface area (Å²) in [6.45, 7) is 1.38. The summed E-state index contributed by atoms with van der Waals surface area (Å²) in [5, 5.41) is 13.2. The number of anilines is 1. The van der Waals surface area contributed by atoms with Crippen molar-refractivity contribution in [2.75, 3.05) is 5.32 Å². The minimum absolute atomic E-state index is 0.0213. The first-order chi connectivity index (χ1) is 9.06. The lowest BCUT2D eigenvalue weighted by molar-refractivity contribution is -0.384. The van der Waals surface area contributed by atoms with Crippen LogP contribution in [0.1, 0.15) is 6.92 Å². The van der Waals surface area contributed by atoms with Gasteiger partial charge in [0.2, 0.25) is 5.91 Å². The highest BCUT2D eigenvalue weighted by Crippen LogP contribution is 2.21. The molecule has 1 amide bonds. The molecule has 7 heteroatoms. The fraction of sp³-hybridized carbons (Fsp3) is 0.0833. The molecule has 2 aromatic rings. The van der Waals surface area contributed by atoms with Crippen LogP contribution in [0.5, 0.6) is 0 Å². The van der Waals surface area contributed by atoms with E-state index in [0.29, 0.717) is 17.1 Å². The van der Waals surface area contributed by atoms with Crippen LogP contribution in [0.4, 0.5) is 11.4 Å². The molecule has 2 rings (SSSR count). The number of carbonyl (C=O) groups is 1. The lowest BCUT2D eigenvalue weighted by Gasteiger charge is -2.03. The van der Waals surface area contributed by atoms with E-state index in [1.807, 2.05) is 0 Å². The van der Waals surface area contributed by atoms with Crippen molar-refractivity contribution < 1.29 is 9.72 Å². The highest BCUT2D eigenvalue weighted by molar-refractivity contribution is 5.88. The van der Waals surface area contributed by atoms with Crippen molar-refractivity contribution >= 4 is 17.3 Å². The molecule has 0 aliphatic rings. The topological polar surface area (TPSA) is 98.0 Å². The zero-order valence-corrected chi connectivity index (χ0v) is 10.0. The van der Waals surface area contributed by atoms with Gasteiger partial charge in [-0.1, -0.05) is 12.1 Å². The van der Waals surface area contributed by atoms with Gasteiger partial charge in [0.05, 0.1) is 23.0 Å². The second-order valence-electron chi connectivity index (χ2n) is 3.78. The van der Waals surface area contributed by atoms with Crippen LogP contribution < -0.4 is 5.32 Å². The van der Waals surface area contributed by atoms with Crippen LogP contribution in [0.3, 0.4) is 0 Å². The number of hydrogen-bond acceptors (Lipinski definition) is 5. The Hall–Kier alpha value is -2.83. The highest BCUT2D eigenvalue weighted by Gasteiger charge is 2.08. The van der Waals surface area contributed by atoms with Crippen molar-refractivity contribution in [3.63, 3.8) is 0 Å². The van der Waals surface area contributed by atoms with E-state index >= 15 is 0 Å². The minimum atomic E-state index is -0.477. The Morgan fingerprint density at radius 3 is 2.58 bits per heavy atom. The number of hydrogen-bond donors (Lipinski definition) is 1. The van der Waals surface area contributed by atoms with E-state index in [1.54, 1.807) is 12.1 Å². The fourth-order valence-electron chi connectivity index (χ4n) is 1.50. The second-order valence-corrected chi connectivity index (χ2v) is 3.78. The molecule has 0 unspecified atom stereocenters. The van der Waals surface area contributed by atoms with Gasteiger partial charge >= 0.3 is 0 Å². The van der Waals surface area contributed by atoms with Gasteiger partial charge in [0.25, 0.3) is 5.69 Å². The van der Waals surface area contributed by atoms with Crippen LogP contribution in [0, 0.1) is 10.1 Å². The number of nitrogens with zero attached hydrogens (tertiary/aromatic N) is 3. The summed E-state index contributed by atoms with van der Waals surface area (Å²) in [7, 11) is 0. The van der Waals surface area contributed by atoms with Crippen molar-refractivity contribution in [3.05, 3.63) is 46.8 Å². The van der Waals surface area contributed by atoms with Gasteiger partial charge in [0.15, 0.2) is 5.82 Å². The summed E-state index contributed by atoms with van der Waals surface area (Å²) >= 11 is 0. The smallest absolute Gasteiger partial charge is 0.270 e. The van der Waals surface area contributed by atoms with Crippen molar-refractivity contribution in [1.29, 1.82) is 0 Å². The molecular formula is C12H10N4O3. The van der Waals surface area contributed by atoms with E-state index in [4.69, 9.17) is 0 Å².